The van der Waals surface area contributed by atoms with E-state index in [1.807, 2.05) is 37.0 Å². The van der Waals surface area contributed by atoms with Gasteiger partial charge in [-0.05, 0) is 44.0 Å². The quantitative estimate of drug-likeness (QED) is 0.838. The van der Waals surface area contributed by atoms with E-state index in [1.165, 1.54) is 17.7 Å². The van der Waals surface area contributed by atoms with Gasteiger partial charge in [0, 0.05) is 28.3 Å². The number of halogens is 1. The van der Waals surface area contributed by atoms with Crippen LogP contribution in [0.15, 0.2) is 29.2 Å². The SMILES string of the molecule is CNC(CSc1cccc(Cl)c1)C1CCCOC1. The average Bonchev–Trinajstić information content (AvgIpc) is 2.41. The third-order valence-electron chi connectivity index (χ3n) is 3.36. The molecule has 0 spiro atoms. The molecule has 1 saturated heterocycles. The monoisotopic (exact) mass is 285 g/mol. The Kier molecular flexibility index (Phi) is 5.83. The van der Waals surface area contributed by atoms with Crippen LogP contribution in [0.3, 0.4) is 0 Å². The first-order valence-electron chi connectivity index (χ1n) is 6.43. The van der Waals surface area contributed by atoms with Crippen molar-refractivity contribution in [3.63, 3.8) is 0 Å². The fourth-order valence-corrected chi connectivity index (χ4v) is 3.73. The van der Waals surface area contributed by atoms with E-state index < -0.39 is 0 Å². The summed E-state index contributed by atoms with van der Waals surface area (Å²) in [6, 6.07) is 8.56. The summed E-state index contributed by atoms with van der Waals surface area (Å²) >= 11 is 7.85. The number of hydrogen-bond donors (Lipinski definition) is 1. The summed E-state index contributed by atoms with van der Waals surface area (Å²) in [6.45, 7) is 1.82. The molecule has 2 atom stereocenters. The number of benzene rings is 1. The standard InChI is InChI=1S/C14H20ClNOS/c1-16-14(11-4-3-7-17-9-11)10-18-13-6-2-5-12(15)8-13/h2,5-6,8,11,14,16H,3-4,7,9-10H2,1H3. The topological polar surface area (TPSA) is 21.3 Å². The van der Waals surface area contributed by atoms with Crippen LogP contribution in [0.1, 0.15) is 12.8 Å². The van der Waals surface area contributed by atoms with Crippen LogP contribution in [0.25, 0.3) is 0 Å². The van der Waals surface area contributed by atoms with Crippen LogP contribution in [0.4, 0.5) is 0 Å². The molecule has 1 heterocycles. The highest BCUT2D eigenvalue weighted by Gasteiger charge is 2.22. The minimum absolute atomic E-state index is 0.509. The van der Waals surface area contributed by atoms with Crippen LogP contribution in [-0.2, 0) is 4.74 Å². The van der Waals surface area contributed by atoms with E-state index in [-0.39, 0.29) is 0 Å². The molecule has 18 heavy (non-hydrogen) atoms. The zero-order valence-corrected chi connectivity index (χ0v) is 12.3. The summed E-state index contributed by atoms with van der Waals surface area (Å²) in [7, 11) is 2.04. The van der Waals surface area contributed by atoms with Crippen molar-refractivity contribution in [2.45, 2.75) is 23.8 Å². The third kappa shape index (κ3) is 4.16. The number of thioether (sulfide) groups is 1. The maximum atomic E-state index is 5.99. The molecular formula is C14H20ClNOS. The number of hydrogen-bond acceptors (Lipinski definition) is 3. The summed E-state index contributed by atoms with van der Waals surface area (Å²) in [5.74, 6) is 1.70. The van der Waals surface area contributed by atoms with E-state index in [0.29, 0.717) is 12.0 Å². The molecule has 2 rings (SSSR count). The van der Waals surface area contributed by atoms with Gasteiger partial charge in [0.2, 0.25) is 0 Å². The van der Waals surface area contributed by atoms with Crippen molar-refractivity contribution in [3.05, 3.63) is 29.3 Å². The normalized spacial score (nSPS) is 21.8. The van der Waals surface area contributed by atoms with Crippen LogP contribution in [-0.4, -0.2) is 32.1 Å². The number of rotatable bonds is 5. The Morgan fingerprint density at radius 1 is 1.56 bits per heavy atom. The summed E-state index contributed by atoms with van der Waals surface area (Å²) in [4.78, 5) is 1.24. The van der Waals surface area contributed by atoms with E-state index in [9.17, 15) is 0 Å². The Morgan fingerprint density at radius 3 is 3.11 bits per heavy atom. The molecule has 1 fully saturated rings. The molecule has 0 amide bonds. The Hall–Kier alpha value is -0.220. The molecule has 4 heteroatoms. The molecular weight excluding hydrogens is 266 g/mol. The molecule has 1 aliphatic heterocycles. The van der Waals surface area contributed by atoms with Crippen molar-refractivity contribution < 1.29 is 4.74 Å². The van der Waals surface area contributed by atoms with Crippen LogP contribution < -0.4 is 5.32 Å². The second-order valence-corrected chi connectivity index (χ2v) is 6.17. The highest BCUT2D eigenvalue weighted by Crippen LogP contribution is 2.26. The molecule has 100 valence electrons. The minimum atomic E-state index is 0.509. The Bertz CT molecular complexity index is 369. The van der Waals surface area contributed by atoms with Crippen molar-refractivity contribution in [1.29, 1.82) is 0 Å². The minimum Gasteiger partial charge on any atom is -0.381 e. The molecule has 1 aromatic carbocycles. The van der Waals surface area contributed by atoms with E-state index >= 15 is 0 Å². The maximum absolute atomic E-state index is 5.99. The fourth-order valence-electron chi connectivity index (χ4n) is 2.28. The second-order valence-electron chi connectivity index (χ2n) is 4.64. The van der Waals surface area contributed by atoms with Gasteiger partial charge in [0.1, 0.15) is 0 Å². The first-order valence-corrected chi connectivity index (χ1v) is 7.79. The van der Waals surface area contributed by atoms with Gasteiger partial charge in [-0.15, -0.1) is 11.8 Å². The predicted molar refractivity (Wildman–Crippen MR) is 78.6 cm³/mol. The van der Waals surface area contributed by atoms with Gasteiger partial charge >= 0.3 is 0 Å². The van der Waals surface area contributed by atoms with Crippen molar-refractivity contribution in [2.24, 2.45) is 5.92 Å². The lowest BCUT2D eigenvalue weighted by Crippen LogP contribution is -2.40. The Balaban J connectivity index is 1.86. The molecule has 0 radical (unpaired) electrons. The van der Waals surface area contributed by atoms with E-state index in [4.69, 9.17) is 16.3 Å². The van der Waals surface area contributed by atoms with Crippen LogP contribution in [0.2, 0.25) is 5.02 Å². The van der Waals surface area contributed by atoms with Gasteiger partial charge < -0.3 is 10.1 Å². The Labute approximate surface area is 118 Å². The van der Waals surface area contributed by atoms with Crippen molar-refractivity contribution >= 4 is 23.4 Å². The Morgan fingerprint density at radius 2 is 2.44 bits per heavy atom. The fraction of sp³-hybridized carbons (Fsp3) is 0.571. The molecule has 0 saturated carbocycles. The van der Waals surface area contributed by atoms with Crippen LogP contribution in [0, 0.1) is 5.92 Å². The molecule has 0 aromatic heterocycles. The molecule has 1 N–H and O–H groups in total. The van der Waals surface area contributed by atoms with Crippen LogP contribution in [0.5, 0.6) is 0 Å². The van der Waals surface area contributed by atoms with Crippen molar-refractivity contribution in [2.75, 3.05) is 26.0 Å². The largest absolute Gasteiger partial charge is 0.381 e. The van der Waals surface area contributed by atoms with Gasteiger partial charge in [-0.25, -0.2) is 0 Å². The molecule has 0 aliphatic carbocycles. The molecule has 1 aliphatic rings. The van der Waals surface area contributed by atoms with Gasteiger partial charge in [0.15, 0.2) is 0 Å². The van der Waals surface area contributed by atoms with Gasteiger partial charge in [-0.3, -0.25) is 0 Å². The van der Waals surface area contributed by atoms with E-state index in [1.54, 1.807) is 0 Å². The van der Waals surface area contributed by atoms with Gasteiger partial charge in [-0.1, -0.05) is 17.7 Å². The van der Waals surface area contributed by atoms with Gasteiger partial charge in [0.05, 0.1) is 6.61 Å². The zero-order valence-electron chi connectivity index (χ0n) is 10.7. The lowest BCUT2D eigenvalue weighted by atomic mass is 9.95. The average molecular weight is 286 g/mol. The first kappa shape index (κ1) is 14.2. The van der Waals surface area contributed by atoms with Crippen LogP contribution >= 0.6 is 23.4 Å². The third-order valence-corrected chi connectivity index (χ3v) is 4.71. The molecule has 2 nitrogen and oxygen atoms in total. The number of ether oxygens (including phenoxy) is 1. The van der Waals surface area contributed by atoms with Crippen molar-refractivity contribution in [3.8, 4) is 0 Å². The lowest BCUT2D eigenvalue weighted by molar-refractivity contribution is 0.0437. The van der Waals surface area contributed by atoms with E-state index in [2.05, 4.69) is 11.4 Å². The molecule has 2 unspecified atom stereocenters. The number of nitrogens with one attached hydrogen (secondary N) is 1. The highest BCUT2D eigenvalue weighted by atomic mass is 35.5. The zero-order chi connectivity index (χ0) is 12.8. The molecule has 0 bridgehead atoms. The van der Waals surface area contributed by atoms with E-state index in [0.717, 1.165) is 24.0 Å². The lowest BCUT2D eigenvalue weighted by Gasteiger charge is -2.29. The predicted octanol–water partition coefficient (Wildman–Crippen LogP) is 3.45. The summed E-state index contributed by atoms with van der Waals surface area (Å²) in [5, 5.41) is 4.23. The summed E-state index contributed by atoms with van der Waals surface area (Å²) < 4.78 is 5.57. The molecule has 1 aromatic rings. The summed E-state index contributed by atoms with van der Waals surface area (Å²) in [6.07, 6.45) is 2.45. The first-order chi connectivity index (χ1) is 8.79. The van der Waals surface area contributed by atoms with Gasteiger partial charge in [-0.2, -0.15) is 0 Å². The van der Waals surface area contributed by atoms with Gasteiger partial charge in [0.25, 0.3) is 0 Å². The smallest absolute Gasteiger partial charge is 0.0509 e. The highest BCUT2D eigenvalue weighted by molar-refractivity contribution is 7.99. The van der Waals surface area contributed by atoms with Crippen molar-refractivity contribution in [1.82, 2.24) is 5.32 Å². The second kappa shape index (κ2) is 7.39. The maximum Gasteiger partial charge on any atom is 0.0509 e. The summed E-state index contributed by atoms with van der Waals surface area (Å²) in [5.41, 5.74) is 0.